The predicted octanol–water partition coefficient (Wildman–Crippen LogP) is 4.11. The van der Waals surface area contributed by atoms with Gasteiger partial charge in [-0.15, -0.1) is 0 Å². The Bertz CT molecular complexity index is 857. The zero-order valence-electron chi connectivity index (χ0n) is 14.5. The molecule has 0 unspecified atom stereocenters. The number of rotatable bonds is 5. The Hall–Kier alpha value is -2.62. The number of benzene rings is 2. The number of nitrogens with one attached hydrogen (secondary N) is 1. The van der Waals surface area contributed by atoms with Crippen LogP contribution >= 0.6 is 0 Å². The maximum absolute atomic E-state index is 12.7. The zero-order chi connectivity index (χ0) is 17.1. The molecule has 2 aromatic carbocycles. The molecule has 4 nitrogen and oxygen atoms in total. The van der Waals surface area contributed by atoms with Gasteiger partial charge < -0.3 is 9.88 Å². The Balaban J connectivity index is 1.87. The van der Waals surface area contributed by atoms with Crippen LogP contribution in [-0.2, 0) is 24.2 Å². The molecule has 0 fully saturated rings. The molecule has 3 aromatic rings. The number of carbonyl (C=O) groups excluding carboxylic acids is 1. The van der Waals surface area contributed by atoms with Crippen molar-refractivity contribution in [1.29, 1.82) is 0 Å². The highest BCUT2D eigenvalue weighted by molar-refractivity contribution is 5.93. The predicted molar refractivity (Wildman–Crippen MR) is 98.3 cm³/mol. The average Bonchev–Trinajstić information content (AvgIpc) is 2.90. The first-order chi connectivity index (χ1) is 11.6. The summed E-state index contributed by atoms with van der Waals surface area (Å²) in [7, 11) is 0. The Morgan fingerprint density at radius 1 is 1.04 bits per heavy atom. The molecule has 0 aliphatic carbocycles. The molecule has 0 aliphatic heterocycles. The number of nitrogens with zero attached hydrogens (tertiary/aromatic N) is 2. The van der Waals surface area contributed by atoms with Crippen molar-refractivity contribution in [3.8, 4) is 0 Å². The third-order valence-corrected chi connectivity index (χ3v) is 4.41. The first-order valence-electron chi connectivity index (χ1n) is 8.46. The summed E-state index contributed by atoms with van der Waals surface area (Å²) in [5.41, 5.74) is 5.23. The number of aromatic nitrogens is 2. The number of anilines is 1. The second-order valence-corrected chi connectivity index (χ2v) is 5.94. The number of para-hydroxylation sites is 3. The van der Waals surface area contributed by atoms with Crippen LogP contribution in [0.15, 0.2) is 42.5 Å². The van der Waals surface area contributed by atoms with Gasteiger partial charge in [-0.3, -0.25) is 4.79 Å². The van der Waals surface area contributed by atoms with Gasteiger partial charge in [0.1, 0.15) is 12.4 Å². The van der Waals surface area contributed by atoms with Gasteiger partial charge in [0, 0.05) is 5.69 Å². The third-order valence-electron chi connectivity index (χ3n) is 4.41. The lowest BCUT2D eigenvalue weighted by atomic mass is 10.0. The maximum atomic E-state index is 12.7. The normalized spacial score (nSPS) is 11.0. The molecule has 124 valence electrons. The summed E-state index contributed by atoms with van der Waals surface area (Å²) in [5.74, 6) is 0.836. The Labute approximate surface area is 142 Å². The van der Waals surface area contributed by atoms with Crippen molar-refractivity contribution in [2.45, 2.75) is 40.2 Å². The van der Waals surface area contributed by atoms with Crippen LogP contribution in [0.3, 0.4) is 0 Å². The highest BCUT2D eigenvalue weighted by Crippen LogP contribution is 2.23. The van der Waals surface area contributed by atoms with Crippen LogP contribution in [0, 0.1) is 6.92 Å². The van der Waals surface area contributed by atoms with Crippen molar-refractivity contribution >= 4 is 22.6 Å². The quantitative estimate of drug-likeness (QED) is 0.769. The SMILES string of the molecule is CCc1cccc(CC)c1NC(=O)Cn1c(C)nc2ccccc21. The summed E-state index contributed by atoms with van der Waals surface area (Å²) in [6.45, 7) is 6.42. The highest BCUT2D eigenvalue weighted by atomic mass is 16.1. The maximum Gasteiger partial charge on any atom is 0.244 e. The molecular formula is C20H23N3O. The molecule has 1 aromatic heterocycles. The van der Waals surface area contributed by atoms with Crippen LogP contribution in [0.1, 0.15) is 30.8 Å². The molecule has 3 rings (SSSR count). The summed E-state index contributed by atoms with van der Waals surface area (Å²) < 4.78 is 1.96. The van der Waals surface area contributed by atoms with Gasteiger partial charge in [0.2, 0.25) is 5.91 Å². The van der Waals surface area contributed by atoms with E-state index in [0.717, 1.165) is 35.4 Å². The standard InChI is InChI=1S/C20H23N3O/c1-4-15-9-8-10-16(5-2)20(15)22-19(24)13-23-14(3)21-17-11-6-7-12-18(17)23/h6-12H,4-5,13H2,1-3H3,(H,22,24). The van der Waals surface area contributed by atoms with Gasteiger partial charge in [0.15, 0.2) is 0 Å². The van der Waals surface area contributed by atoms with Crippen molar-refractivity contribution in [1.82, 2.24) is 9.55 Å². The second-order valence-electron chi connectivity index (χ2n) is 5.94. The third kappa shape index (κ3) is 3.04. The minimum Gasteiger partial charge on any atom is -0.324 e. The molecule has 1 amide bonds. The van der Waals surface area contributed by atoms with Crippen LogP contribution in [0.25, 0.3) is 11.0 Å². The molecule has 4 heteroatoms. The topological polar surface area (TPSA) is 46.9 Å². The van der Waals surface area contributed by atoms with Crippen molar-refractivity contribution in [3.05, 3.63) is 59.4 Å². The van der Waals surface area contributed by atoms with Gasteiger partial charge in [-0.2, -0.15) is 0 Å². The first kappa shape index (κ1) is 16.2. The Morgan fingerprint density at radius 2 is 1.71 bits per heavy atom. The largest absolute Gasteiger partial charge is 0.324 e. The number of aryl methyl sites for hydroxylation is 3. The van der Waals surface area contributed by atoms with Gasteiger partial charge >= 0.3 is 0 Å². The molecule has 0 radical (unpaired) electrons. The molecule has 0 saturated heterocycles. The van der Waals surface area contributed by atoms with E-state index in [-0.39, 0.29) is 12.5 Å². The summed E-state index contributed by atoms with van der Waals surface area (Å²) in [6, 6.07) is 14.1. The fourth-order valence-electron chi connectivity index (χ4n) is 3.12. The Morgan fingerprint density at radius 3 is 2.38 bits per heavy atom. The van der Waals surface area contributed by atoms with Crippen molar-refractivity contribution < 1.29 is 4.79 Å². The molecule has 0 atom stereocenters. The fraction of sp³-hybridized carbons (Fsp3) is 0.300. The molecule has 24 heavy (non-hydrogen) atoms. The van der Waals surface area contributed by atoms with E-state index in [1.807, 2.05) is 35.8 Å². The molecule has 1 N–H and O–H groups in total. The summed E-state index contributed by atoms with van der Waals surface area (Å²) in [6.07, 6.45) is 1.80. The van der Waals surface area contributed by atoms with Crippen molar-refractivity contribution in [2.75, 3.05) is 5.32 Å². The molecule has 0 aliphatic rings. The fourth-order valence-corrected chi connectivity index (χ4v) is 3.12. The summed E-state index contributed by atoms with van der Waals surface area (Å²) in [4.78, 5) is 17.2. The van der Waals surface area contributed by atoms with Gasteiger partial charge in [-0.1, -0.05) is 44.2 Å². The minimum atomic E-state index is -0.0168. The number of imidazole rings is 1. The monoisotopic (exact) mass is 321 g/mol. The van der Waals surface area contributed by atoms with Crippen LogP contribution < -0.4 is 5.32 Å². The number of carbonyl (C=O) groups is 1. The van der Waals surface area contributed by atoms with E-state index in [9.17, 15) is 4.79 Å². The van der Waals surface area contributed by atoms with Crippen LogP contribution in [0.5, 0.6) is 0 Å². The lowest BCUT2D eigenvalue weighted by molar-refractivity contribution is -0.116. The zero-order valence-corrected chi connectivity index (χ0v) is 14.5. The smallest absolute Gasteiger partial charge is 0.244 e. The van der Waals surface area contributed by atoms with Crippen molar-refractivity contribution in [2.24, 2.45) is 0 Å². The number of amides is 1. The summed E-state index contributed by atoms with van der Waals surface area (Å²) in [5, 5.41) is 3.12. The van der Waals surface area contributed by atoms with Crippen LogP contribution in [-0.4, -0.2) is 15.5 Å². The number of fused-ring (bicyclic) bond motifs is 1. The second kappa shape index (κ2) is 6.87. The minimum absolute atomic E-state index is 0.0168. The van der Waals surface area contributed by atoms with E-state index >= 15 is 0 Å². The molecular weight excluding hydrogens is 298 g/mol. The molecule has 0 saturated carbocycles. The van der Waals surface area contributed by atoms with E-state index in [1.54, 1.807) is 0 Å². The number of hydrogen-bond acceptors (Lipinski definition) is 2. The Kier molecular flexibility index (Phi) is 4.65. The van der Waals surface area contributed by atoms with E-state index in [2.05, 4.69) is 42.3 Å². The highest BCUT2D eigenvalue weighted by Gasteiger charge is 2.13. The van der Waals surface area contributed by atoms with E-state index < -0.39 is 0 Å². The van der Waals surface area contributed by atoms with Gasteiger partial charge in [-0.25, -0.2) is 4.98 Å². The number of hydrogen-bond donors (Lipinski definition) is 1. The molecule has 1 heterocycles. The van der Waals surface area contributed by atoms with E-state index in [0.29, 0.717) is 0 Å². The van der Waals surface area contributed by atoms with E-state index in [4.69, 9.17) is 0 Å². The van der Waals surface area contributed by atoms with Crippen molar-refractivity contribution in [3.63, 3.8) is 0 Å². The molecule has 0 bridgehead atoms. The lowest BCUT2D eigenvalue weighted by Gasteiger charge is -2.15. The molecule has 0 spiro atoms. The van der Waals surface area contributed by atoms with Gasteiger partial charge in [0.05, 0.1) is 11.0 Å². The van der Waals surface area contributed by atoms with E-state index in [1.165, 1.54) is 11.1 Å². The van der Waals surface area contributed by atoms with Crippen LogP contribution in [0.4, 0.5) is 5.69 Å². The lowest BCUT2D eigenvalue weighted by Crippen LogP contribution is -2.21. The first-order valence-corrected chi connectivity index (χ1v) is 8.46. The van der Waals surface area contributed by atoms with Gasteiger partial charge in [-0.05, 0) is 43.0 Å². The van der Waals surface area contributed by atoms with Gasteiger partial charge in [0.25, 0.3) is 0 Å². The average molecular weight is 321 g/mol. The summed E-state index contributed by atoms with van der Waals surface area (Å²) >= 11 is 0. The van der Waals surface area contributed by atoms with Crippen LogP contribution in [0.2, 0.25) is 0 Å².